The fourth-order valence-electron chi connectivity index (χ4n) is 1.59. The summed E-state index contributed by atoms with van der Waals surface area (Å²) in [5.41, 5.74) is 0. The molecule has 2 nitrogen and oxygen atoms in total. The number of carbonyl (C=O) groups excluding carboxylic acids is 1. The molecule has 0 spiro atoms. The predicted molar refractivity (Wildman–Crippen MR) is 41.0 cm³/mol. The number of hydrogen-bond donors (Lipinski definition) is 0. The topological polar surface area (TPSA) is 20.3 Å². The van der Waals surface area contributed by atoms with Crippen molar-refractivity contribution in [3.05, 3.63) is 0 Å². The normalized spacial score (nSPS) is 28.4. The monoisotopic (exact) mass is 141 g/mol. The summed E-state index contributed by atoms with van der Waals surface area (Å²) >= 11 is 0. The molecule has 0 aromatic heterocycles. The van der Waals surface area contributed by atoms with Crippen molar-refractivity contribution in [1.82, 2.24) is 4.90 Å². The van der Waals surface area contributed by atoms with E-state index in [-0.39, 0.29) is 6.04 Å². The number of carbonyl (C=O) groups is 1. The lowest BCUT2D eigenvalue weighted by atomic mass is 10.0. The maximum absolute atomic E-state index is 11.0. The van der Waals surface area contributed by atoms with Crippen LogP contribution in [-0.2, 0) is 4.79 Å². The number of likely N-dealkylation sites (N-methyl/N-ethyl adjacent to an activating group) is 1. The van der Waals surface area contributed by atoms with E-state index < -0.39 is 0 Å². The van der Waals surface area contributed by atoms with Gasteiger partial charge in [0.1, 0.15) is 5.78 Å². The van der Waals surface area contributed by atoms with Crippen LogP contribution in [0.1, 0.15) is 26.2 Å². The van der Waals surface area contributed by atoms with Crippen molar-refractivity contribution in [3.8, 4) is 0 Å². The Hall–Kier alpha value is -0.370. The van der Waals surface area contributed by atoms with E-state index in [1.54, 1.807) is 6.92 Å². The minimum atomic E-state index is 0.216. The molecule has 0 aliphatic carbocycles. The number of ketones is 1. The van der Waals surface area contributed by atoms with Crippen molar-refractivity contribution in [2.24, 2.45) is 0 Å². The van der Waals surface area contributed by atoms with Crippen LogP contribution in [0.3, 0.4) is 0 Å². The molecule has 0 aromatic carbocycles. The van der Waals surface area contributed by atoms with Gasteiger partial charge in [0.05, 0.1) is 6.04 Å². The number of hydrogen-bond acceptors (Lipinski definition) is 2. The largest absolute Gasteiger partial charge is 0.298 e. The molecule has 0 saturated carbocycles. The molecule has 1 aliphatic rings. The number of likely N-dealkylation sites (tertiary alicyclic amines) is 1. The molecule has 0 bridgehead atoms. The van der Waals surface area contributed by atoms with Crippen molar-refractivity contribution >= 4 is 5.78 Å². The van der Waals surface area contributed by atoms with Crippen LogP contribution in [0, 0.1) is 0 Å². The van der Waals surface area contributed by atoms with Crippen molar-refractivity contribution < 1.29 is 4.79 Å². The highest BCUT2D eigenvalue weighted by atomic mass is 16.1. The lowest BCUT2D eigenvalue weighted by Crippen LogP contribution is -2.40. The van der Waals surface area contributed by atoms with Gasteiger partial charge in [0.25, 0.3) is 0 Å². The molecule has 0 aromatic rings. The number of rotatable bonds is 1. The third kappa shape index (κ3) is 1.57. The summed E-state index contributed by atoms with van der Waals surface area (Å²) in [4.78, 5) is 13.1. The van der Waals surface area contributed by atoms with Crippen molar-refractivity contribution in [3.63, 3.8) is 0 Å². The average molecular weight is 141 g/mol. The molecule has 58 valence electrons. The van der Waals surface area contributed by atoms with Crippen LogP contribution in [0.2, 0.25) is 0 Å². The summed E-state index contributed by atoms with van der Waals surface area (Å²) in [6.07, 6.45) is 3.53. The summed E-state index contributed by atoms with van der Waals surface area (Å²) in [5, 5.41) is 0. The van der Waals surface area contributed by atoms with Gasteiger partial charge < -0.3 is 0 Å². The Balaban J connectivity index is 2.47. The first-order valence-corrected chi connectivity index (χ1v) is 3.92. The summed E-state index contributed by atoms with van der Waals surface area (Å²) in [6, 6.07) is 0.216. The number of Topliss-reactive ketones (excluding diaryl/α,β-unsaturated/α-hetero) is 1. The van der Waals surface area contributed by atoms with Gasteiger partial charge >= 0.3 is 0 Å². The Morgan fingerprint density at radius 2 is 2.20 bits per heavy atom. The van der Waals surface area contributed by atoms with Gasteiger partial charge in [0, 0.05) is 0 Å². The number of nitrogens with zero attached hydrogens (tertiary/aromatic N) is 1. The van der Waals surface area contributed by atoms with E-state index in [0.29, 0.717) is 5.78 Å². The zero-order chi connectivity index (χ0) is 7.56. The van der Waals surface area contributed by atoms with Crippen LogP contribution < -0.4 is 0 Å². The molecular weight excluding hydrogens is 126 g/mol. The molecule has 0 N–H and O–H groups in total. The van der Waals surface area contributed by atoms with Crippen LogP contribution >= 0.6 is 0 Å². The Labute approximate surface area is 62.2 Å². The molecule has 1 fully saturated rings. The summed E-state index contributed by atoms with van der Waals surface area (Å²) in [7, 11) is 2.03. The third-order valence-corrected chi connectivity index (χ3v) is 2.24. The molecule has 1 rings (SSSR count). The second-order valence-electron chi connectivity index (χ2n) is 3.10. The van der Waals surface area contributed by atoms with Crippen molar-refractivity contribution in [2.75, 3.05) is 13.6 Å². The van der Waals surface area contributed by atoms with E-state index in [9.17, 15) is 4.79 Å². The molecule has 1 aliphatic heterocycles. The number of piperidine rings is 1. The first-order valence-electron chi connectivity index (χ1n) is 3.92. The fraction of sp³-hybridized carbons (Fsp3) is 0.875. The highest BCUT2D eigenvalue weighted by Gasteiger charge is 2.21. The van der Waals surface area contributed by atoms with E-state index in [0.717, 1.165) is 13.0 Å². The molecule has 10 heavy (non-hydrogen) atoms. The van der Waals surface area contributed by atoms with Crippen LogP contribution in [0.5, 0.6) is 0 Å². The quantitative estimate of drug-likeness (QED) is 0.544. The molecule has 1 saturated heterocycles. The van der Waals surface area contributed by atoms with Gasteiger partial charge in [-0.2, -0.15) is 0 Å². The first-order chi connectivity index (χ1) is 4.72. The summed E-state index contributed by atoms with van der Waals surface area (Å²) in [5.74, 6) is 0.321. The molecule has 0 amide bonds. The Kier molecular flexibility index (Phi) is 2.44. The lowest BCUT2D eigenvalue weighted by Gasteiger charge is -2.30. The zero-order valence-electron chi connectivity index (χ0n) is 6.76. The van der Waals surface area contributed by atoms with Crippen LogP contribution in [0.4, 0.5) is 0 Å². The second kappa shape index (κ2) is 3.15. The maximum atomic E-state index is 11.0. The smallest absolute Gasteiger partial charge is 0.146 e. The van der Waals surface area contributed by atoms with Gasteiger partial charge in [-0.3, -0.25) is 9.69 Å². The fourth-order valence-corrected chi connectivity index (χ4v) is 1.59. The van der Waals surface area contributed by atoms with Gasteiger partial charge in [0.2, 0.25) is 0 Å². The zero-order valence-corrected chi connectivity index (χ0v) is 6.76. The first kappa shape index (κ1) is 7.73. The molecule has 2 heteroatoms. The van der Waals surface area contributed by atoms with E-state index in [2.05, 4.69) is 4.90 Å². The second-order valence-corrected chi connectivity index (χ2v) is 3.10. The van der Waals surface area contributed by atoms with E-state index in [4.69, 9.17) is 0 Å². The van der Waals surface area contributed by atoms with Gasteiger partial charge in [-0.1, -0.05) is 6.42 Å². The Morgan fingerprint density at radius 1 is 1.50 bits per heavy atom. The van der Waals surface area contributed by atoms with Crippen LogP contribution in [-0.4, -0.2) is 30.3 Å². The SMILES string of the molecule is CC(=O)C1CCCCN1C. The van der Waals surface area contributed by atoms with E-state index >= 15 is 0 Å². The summed E-state index contributed by atoms with van der Waals surface area (Å²) < 4.78 is 0. The minimum absolute atomic E-state index is 0.216. The molecule has 0 radical (unpaired) electrons. The predicted octanol–water partition coefficient (Wildman–Crippen LogP) is 1.06. The third-order valence-electron chi connectivity index (χ3n) is 2.24. The van der Waals surface area contributed by atoms with E-state index in [1.807, 2.05) is 7.05 Å². The summed E-state index contributed by atoms with van der Waals surface area (Å²) in [6.45, 7) is 2.77. The maximum Gasteiger partial charge on any atom is 0.146 e. The van der Waals surface area contributed by atoms with Crippen LogP contribution in [0.25, 0.3) is 0 Å². The standard InChI is InChI=1S/C8H15NO/c1-7(10)8-5-3-4-6-9(8)2/h8H,3-6H2,1-2H3. The van der Waals surface area contributed by atoms with Gasteiger partial charge in [-0.05, 0) is 33.4 Å². The molecular formula is C8H15NO. The average Bonchev–Trinajstić information content (AvgIpc) is 1.88. The van der Waals surface area contributed by atoms with Crippen molar-refractivity contribution in [1.29, 1.82) is 0 Å². The molecule has 1 heterocycles. The highest BCUT2D eigenvalue weighted by molar-refractivity contribution is 5.81. The van der Waals surface area contributed by atoms with Crippen molar-refractivity contribution in [2.45, 2.75) is 32.2 Å². The lowest BCUT2D eigenvalue weighted by molar-refractivity contribution is -0.122. The Morgan fingerprint density at radius 3 is 2.60 bits per heavy atom. The minimum Gasteiger partial charge on any atom is -0.298 e. The van der Waals surface area contributed by atoms with Gasteiger partial charge in [-0.25, -0.2) is 0 Å². The van der Waals surface area contributed by atoms with E-state index in [1.165, 1.54) is 12.8 Å². The highest BCUT2D eigenvalue weighted by Crippen LogP contribution is 2.14. The van der Waals surface area contributed by atoms with Gasteiger partial charge in [-0.15, -0.1) is 0 Å². The Bertz CT molecular complexity index is 133. The van der Waals surface area contributed by atoms with Gasteiger partial charge in [0.15, 0.2) is 0 Å². The molecule has 1 atom stereocenters. The van der Waals surface area contributed by atoms with Crippen LogP contribution in [0.15, 0.2) is 0 Å². The molecule has 1 unspecified atom stereocenters.